The quantitative estimate of drug-likeness (QED) is 0.163. The summed E-state index contributed by atoms with van der Waals surface area (Å²) in [5, 5.41) is 0. The van der Waals surface area contributed by atoms with Gasteiger partial charge in [0, 0.05) is 37.2 Å². The lowest BCUT2D eigenvalue weighted by atomic mass is 10.3. The highest BCUT2D eigenvalue weighted by atomic mass is 31.0. The second-order valence-corrected chi connectivity index (χ2v) is 5.07. The van der Waals surface area contributed by atoms with Crippen molar-refractivity contribution in [3.63, 3.8) is 0 Å². The minimum Gasteiger partial charge on any atom is -0.305 e. The predicted molar refractivity (Wildman–Crippen MR) is 68.1 cm³/mol. The van der Waals surface area contributed by atoms with Crippen LogP contribution < -0.4 is 23.4 Å². The summed E-state index contributed by atoms with van der Waals surface area (Å²) in [5.74, 6) is 23.0. The maximum absolute atomic E-state index is 5.81. The topological polar surface area (TPSA) is 132 Å². The van der Waals surface area contributed by atoms with Crippen LogP contribution in [-0.4, -0.2) is 21.2 Å². The molecular weight excluding hydrogens is 266 g/mol. The fourth-order valence-corrected chi connectivity index (χ4v) is 1.17. The number of rotatable bonds is 6. The molecule has 0 saturated carbocycles. The molecule has 2 atom stereocenters. The molecule has 0 aromatic carbocycles. The highest BCUT2D eigenvalue weighted by molar-refractivity contribution is 7.09. The van der Waals surface area contributed by atoms with E-state index in [4.69, 9.17) is 37.4 Å². The van der Waals surface area contributed by atoms with Gasteiger partial charge in [-0.2, -0.15) is 0 Å². The molecule has 9 nitrogen and oxygen atoms in total. The van der Waals surface area contributed by atoms with Gasteiger partial charge in [0.2, 0.25) is 0 Å². The molecule has 0 rings (SSSR count). The molecule has 11 heteroatoms. The maximum Gasteiger partial charge on any atom is 0.318 e. The van der Waals surface area contributed by atoms with Gasteiger partial charge in [0.25, 0.3) is 5.72 Å². The van der Waals surface area contributed by atoms with E-state index in [9.17, 15) is 0 Å². The first-order chi connectivity index (χ1) is 7.33. The molecular formula is C6H24N6O3P2+2. The molecule has 0 aliphatic heterocycles. The number of nitrogens with two attached hydrogens (primary N) is 4. The molecule has 17 heavy (non-hydrogen) atoms. The predicted octanol–water partition coefficient (Wildman–Crippen LogP) is -0.953. The van der Waals surface area contributed by atoms with E-state index in [1.165, 1.54) is 0 Å². The van der Waals surface area contributed by atoms with E-state index in [2.05, 4.69) is 9.47 Å². The van der Waals surface area contributed by atoms with Gasteiger partial charge in [-0.25, -0.2) is 0 Å². The largest absolute Gasteiger partial charge is 0.318 e. The van der Waals surface area contributed by atoms with Crippen LogP contribution in [0.15, 0.2) is 0 Å². The van der Waals surface area contributed by atoms with Crippen LogP contribution in [-0.2, 0) is 14.0 Å². The maximum atomic E-state index is 5.81. The number of hydroxylamine groups is 2. The summed E-state index contributed by atoms with van der Waals surface area (Å²) in [4.78, 5) is 3.66. The number of hydrogen-bond acceptors (Lipinski definition) is 7. The van der Waals surface area contributed by atoms with Crippen LogP contribution in [0.25, 0.3) is 0 Å². The first-order valence-electron chi connectivity index (χ1n) is 4.72. The highest BCUT2D eigenvalue weighted by Gasteiger charge is 2.55. The van der Waals surface area contributed by atoms with Crippen LogP contribution in [0.5, 0.6) is 0 Å². The molecule has 0 aromatic heterocycles. The fourth-order valence-electron chi connectivity index (χ4n) is 0.753. The molecule has 0 bridgehead atoms. The molecule has 0 heterocycles. The van der Waals surface area contributed by atoms with Crippen molar-refractivity contribution in [1.29, 1.82) is 0 Å². The van der Waals surface area contributed by atoms with Crippen molar-refractivity contribution in [2.75, 3.05) is 0 Å². The summed E-state index contributed by atoms with van der Waals surface area (Å²) in [7, 11) is 4.01. The second-order valence-electron chi connectivity index (χ2n) is 4.63. The van der Waals surface area contributed by atoms with Gasteiger partial charge in [0.1, 0.15) is 0 Å². The van der Waals surface area contributed by atoms with E-state index in [0.717, 1.165) is 0 Å². The average molecular weight is 290 g/mol. The van der Waals surface area contributed by atoms with E-state index in [1.54, 1.807) is 27.7 Å². The standard InChI is InChI=1S/C6H24N6O3P2/c1-5(2,12(9,10)15-17)13-11(7,8)6(3,4)14-16/h7-10,16-17H2,1-4H3/q+2. The van der Waals surface area contributed by atoms with Crippen molar-refractivity contribution in [2.45, 2.75) is 39.1 Å². The van der Waals surface area contributed by atoms with Crippen LogP contribution in [0, 0.1) is 0 Å². The fraction of sp³-hybridized carbons (Fsp3) is 1.00. The monoisotopic (exact) mass is 290 g/mol. The molecule has 0 fully saturated rings. The van der Waals surface area contributed by atoms with Gasteiger partial charge in [-0.05, 0) is 9.73 Å². The molecule has 0 amide bonds. The Morgan fingerprint density at radius 2 is 1.24 bits per heavy atom. The van der Waals surface area contributed by atoms with Gasteiger partial charge in [0.05, 0.1) is 9.47 Å². The van der Waals surface area contributed by atoms with Crippen molar-refractivity contribution in [3.05, 3.63) is 0 Å². The van der Waals surface area contributed by atoms with Crippen LogP contribution >= 0.6 is 18.9 Å². The third-order valence-corrected chi connectivity index (χ3v) is 3.45. The first kappa shape index (κ1) is 17.5. The lowest BCUT2D eigenvalue weighted by molar-refractivity contribution is -1.25. The summed E-state index contributed by atoms with van der Waals surface area (Å²) < 4.78 is 9.89. The van der Waals surface area contributed by atoms with Crippen LogP contribution in [0.1, 0.15) is 27.7 Å². The van der Waals surface area contributed by atoms with Gasteiger partial charge in [-0.15, -0.1) is 28.0 Å². The molecule has 0 spiro atoms. The van der Waals surface area contributed by atoms with Gasteiger partial charge < -0.3 is 4.52 Å². The molecule has 104 valence electrons. The average Bonchev–Trinajstić information content (AvgIpc) is 2.15. The lowest BCUT2D eigenvalue weighted by Crippen LogP contribution is -2.79. The van der Waals surface area contributed by atoms with Crippen LogP contribution in [0.3, 0.4) is 0 Å². The zero-order valence-electron chi connectivity index (χ0n) is 10.6. The molecule has 0 saturated heterocycles. The Bertz CT molecular complexity index is 246. The Morgan fingerprint density at radius 1 is 0.824 bits per heavy atom. The Balaban J connectivity index is 5.07. The van der Waals surface area contributed by atoms with Crippen LogP contribution in [0.4, 0.5) is 0 Å². The summed E-state index contributed by atoms with van der Waals surface area (Å²) in [6.07, 6.45) is 0. The summed E-state index contributed by atoms with van der Waals surface area (Å²) in [5.41, 5.74) is -2.27. The molecule has 0 aliphatic rings. The smallest absolute Gasteiger partial charge is 0.305 e. The van der Waals surface area contributed by atoms with E-state index in [-0.39, 0.29) is 0 Å². The molecule has 2 unspecified atom stereocenters. The van der Waals surface area contributed by atoms with Crippen molar-refractivity contribution in [2.24, 2.45) is 23.4 Å². The molecule has 0 aliphatic carbocycles. The minimum atomic E-state index is -1.23. The Morgan fingerprint density at radius 3 is 1.53 bits per heavy atom. The van der Waals surface area contributed by atoms with Crippen molar-refractivity contribution in [3.8, 4) is 0 Å². The first-order valence-corrected chi connectivity index (χ1v) is 5.67. The summed E-state index contributed by atoms with van der Waals surface area (Å²) in [6, 6.07) is 0. The van der Waals surface area contributed by atoms with Crippen molar-refractivity contribution in [1.82, 2.24) is 0 Å². The van der Waals surface area contributed by atoms with Crippen molar-refractivity contribution >= 4 is 18.9 Å². The molecule has 0 aromatic rings. The lowest BCUT2D eigenvalue weighted by Gasteiger charge is -2.42. The Labute approximate surface area is 106 Å². The normalized spacial score (nSPS) is 15.2. The highest BCUT2D eigenvalue weighted by Crippen LogP contribution is 2.28. The SMILES string of the molecule is CC(C)(O[N+](N)(N)C(C)(C)OP)[N+](N)(N)OP. The number of nitrogens with zero attached hydrogens (tertiary/aromatic N) is 2. The molecule has 8 N–H and O–H groups in total. The zero-order chi connectivity index (χ0) is 14.1. The molecule has 0 radical (unpaired) electrons. The summed E-state index contributed by atoms with van der Waals surface area (Å²) >= 11 is 0. The van der Waals surface area contributed by atoms with Crippen molar-refractivity contribution < 1.29 is 23.7 Å². The number of quaternary nitrogens is 2. The van der Waals surface area contributed by atoms with E-state index >= 15 is 0 Å². The Hall–Kier alpha value is 0.500. The third kappa shape index (κ3) is 3.73. The zero-order valence-corrected chi connectivity index (χ0v) is 12.9. The van der Waals surface area contributed by atoms with Gasteiger partial charge >= 0.3 is 5.72 Å². The van der Waals surface area contributed by atoms with Gasteiger partial charge in [0.15, 0.2) is 0 Å². The van der Waals surface area contributed by atoms with Crippen LogP contribution in [0.2, 0.25) is 0 Å². The Kier molecular flexibility index (Phi) is 5.40. The van der Waals surface area contributed by atoms with Gasteiger partial charge in [-0.1, -0.05) is 4.84 Å². The second kappa shape index (κ2) is 5.24. The minimum absolute atomic E-state index is 0.904. The summed E-state index contributed by atoms with van der Waals surface area (Å²) in [6.45, 7) is 6.42. The van der Waals surface area contributed by atoms with Gasteiger partial charge in [-0.3, -0.25) is 0 Å². The number of hydrogen-bond donors (Lipinski definition) is 4. The van der Waals surface area contributed by atoms with E-state index in [0.29, 0.717) is 0 Å². The van der Waals surface area contributed by atoms with E-state index < -0.39 is 21.2 Å². The third-order valence-electron chi connectivity index (χ3n) is 2.52. The van der Waals surface area contributed by atoms with E-state index in [1.807, 2.05) is 9.47 Å².